The minimum atomic E-state index is -0.455. The molecule has 1 amide bonds. The summed E-state index contributed by atoms with van der Waals surface area (Å²) in [7, 11) is 0. The van der Waals surface area contributed by atoms with Crippen molar-refractivity contribution in [2.45, 2.75) is 0 Å². The molecule has 0 saturated carbocycles. The van der Waals surface area contributed by atoms with Crippen molar-refractivity contribution in [3.05, 3.63) is 87.3 Å². The number of hydrogen-bond acceptors (Lipinski definition) is 5. The van der Waals surface area contributed by atoms with Crippen LogP contribution in [0.5, 0.6) is 0 Å². The standard InChI is InChI=1S/C20H12N2O3S2/c23-19-18(12-13-8-10-15(11-9-13)22(24)25)27-20(26)21(19)17-7-3-5-14-4-1-2-6-16(14)17/h1-12H/b18-12+. The normalized spacial score (nSPS) is 15.7. The summed E-state index contributed by atoms with van der Waals surface area (Å²) in [6, 6.07) is 19.6. The zero-order valence-electron chi connectivity index (χ0n) is 13.9. The van der Waals surface area contributed by atoms with Gasteiger partial charge in [0, 0.05) is 17.5 Å². The minimum Gasteiger partial charge on any atom is -0.268 e. The number of anilines is 1. The molecule has 0 N–H and O–H groups in total. The average molecular weight is 392 g/mol. The maximum absolute atomic E-state index is 13.0. The number of rotatable bonds is 3. The van der Waals surface area contributed by atoms with E-state index in [4.69, 9.17) is 12.2 Å². The topological polar surface area (TPSA) is 63.4 Å². The van der Waals surface area contributed by atoms with E-state index in [2.05, 4.69) is 0 Å². The Bertz CT molecular complexity index is 1120. The number of hydrogen-bond donors (Lipinski definition) is 0. The van der Waals surface area contributed by atoms with Crippen LogP contribution in [0.1, 0.15) is 5.56 Å². The van der Waals surface area contributed by atoms with Gasteiger partial charge in [-0.05, 0) is 35.2 Å². The lowest BCUT2D eigenvalue weighted by atomic mass is 10.1. The molecule has 0 bridgehead atoms. The average Bonchev–Trinajstić information content (AvgIpc) is 2.95. The predicted octanol–water partition coefficient (Wildman–Crippen LogP) is 5.15. The van der Waals surface area contributed by atoms with Crippen LogP contribution in [-0.2, 0) is 4.79 Å². The van der Waals surface area contributed by atoms with E-state index in [0.717, 1.165) is 16.5 Å². The van der Waals surface area contributed by atoms with E-state index < -0.39 is 4.92 Å². The summed E-state index contributed by atoms with van der Waals surface area (Å²) < 4.78 is 0.463. The fourth-order valence-corrected chi connectivity index (χ4v) is 4.21. The van der Waals surface area contributed by atoms with Crippen LogP contribution in [0.3, 0.4) is 0 Å². The highest BCUT2D eigenvalue weighted by Gasteiger charge is 2.34. The largest absolute Gasteiger partial charge is 0.270 e. The maximum Gasteiger partial charge on any atom is 0.270 e. The first-order valence-electron chi connectivity index (χ1n) is 8.05. The lowest BCUT2D eigenvalue weighted by Crippen LogP contribution is -2.27. The van der Waals surface area contributed by atoms with E-state index in [1.165, 1.54) is 23.9 Å². The Kier molecular flexibility index (Phi) is 4.47. The van der Waals surface area contributed by atoms with Crippen molar-refractivity contribution in [1.82, 2.24) is 0 Å². The number of carbonyl (C=O) groups is 1. The minimum absolute atomic E-state index is 0.00968. The van der Waals surface area contributed by atoms with Gasteiger partial charge >= 0.3 is 0 Å². The quantitative estimate of drug-likeness (QED) is 0.267. The number of carbonyl (C=O) groups excluding carboxylic acids is 1. The van der Waals surface area contributed by atoms with Gasteiger partial charge in [0.1, 0.15) is 0 Å². The number of nitro benzene ring substituents is 1. The summed E-state index contributed by atoms with van der Waals surface area (Å²) in [6.07, 6.45) is 1.70. The van der Waals surface area contributed by atoms with E-state index in [1.807, 2.05) is 42.5 Å². The number of benzene rings is 3. The second-order valence-electron chi connectivity index (χ2n) is 5.86. The highest BCUT2D eigenvalue weighted by atomic mass is 32.2. The van der Waals surface area contributed by atoms with Crippen LogP contribution in [0.15, 0.2) is 71.6 Å². The maximum atomic E-state index is 13.0. The first kappa shape index (κ1) is 17.4. The zero-order chi connectivity index (χ0) is 19.0. The number of amides is 1. The number of thioether (sulfide) groups is 1. The third-order valence-corrected chi connectivity index (χ3v) is 5.51. The smallest absolute Gasteiger partial charge is 0.268 e. The second kappa shape index (κ2) is 6.94. The molecule has 1 heterocycles. The van der Waals surface area contributed by atoms with Gasteiger partial charge in [-0.1, -0.05) is 60.4 Å². The first-order valence-corrected chi connectivity index (χ1v) is 9.27. The summed E-state index contributed by atoms with van der Waals surface area (Å²) in [5.41, 5.74) is 1.47. The summed E-state index contributed by atoms with van der Waals surface area (Å²) in [5, 5.41) is 12.7. The molecule has 4 rings (SSSR count). The third kappa shape index (κ3) is 3.22. The Morgan fingerprint density at radius 1 is 1.00 bits per heavy atom. The molecule has 0 radical (unpaired) electrons. The van der Waals surface area contributed by atoms with Crippen molar-refractivity contribution in [3.8, 4) is 0 Å². The summed E-state index contributed by atoms with van der Waals surface area (Å²) >= 11 is 6.67. The van der Waals surface area contributed by atoms with Crippen LogP contribution in [0.25, 0.3) is 16.8 Å². The Hall–Kier alpha value is -3.03. The van der Waals surface area contributed by atoms with Crippen LogP contribution in [0, 0.1) is 10.1 Å². The van der Waals surface area contributed by atoms with E-state index in [0.29, 0.717) is 14.8 Å². The van der Waals surface area contributed by atoms with Crippen molar-refractivity contribution in [3.63, 3.8) is 0 Å². The van der Waals surface area contributed by atoms with Crippen molar-refractivity contribution < 1.29 is 9.72 Å². The Morgan fingerprint density at radius 2 is 1.70 bits per heavy atom. The van der Waals surface area contributed by atoms with Crippen LogP contribution >= 0.6 is 24.0 Å². The summed E-state index contributed by atoms with van der Waals surface area (Å²) in [6.45, 7) is 0. The molecule has 1 aliphatic rings. The van der Waals surface area contributed by atoms with Gasteiger partial charge in [0.15, 0.2) is 4.32 Å². The Labute approximate surface area is 164 Å². The van der Waals surface area contributed by atoms with Crippen LogP contribution in [0.2, 0.25) is 0 Å². The highest BCUT2D eigenvalue weighted by Crippen LogP contribution is 2.38. The molecule has 0 aliphatic carbocycles. The lowest BCUT2D eigenvalue weighted by molar-refractivity contribution is -0.384. The molecule has 1 aliphatic heterocycles. The molecule has 27 heavy (non-hydrogen) atoms. The Morgan fingerprint density at radius 3 is 2.44 bits per heavy atom. The van der Waals surface area contributed by atoms with Gasteiger partial charge in [-0.2, -0.15) is 0 Å². The molecule has 0 unspecified atom stereocenters. The number of thiocarbonyl (C=S) groups is 1. The van der Waals surface area contributed by atoms with Crippen LogP contribution in [0.4, 0.5) is 11.4 Å². The number of fused-ring (bicyclic) bond motifs is 1. The zero-order valence-corrected chi connectivity index (χ0v) is 15.5. The van der Waals surface area contributed by atoms with Crippen molar-refractivity contribution in [2.24, 2.45) is 0 Å². The molecule has 7 heteroatoms. The third-order valence-electron chi connectivity index (χ3n) is 4.20. The predicted molar refractivity (Wildman–Crippen MR) is 113 cm³/mol. The van der Waals surface area contributed by atoms with Crippen LogP contribution < -0.4 is 4.90 Å². The SMILES string of the molecule is O=C1/C(=C\c2ccc([N+](=O)[O-])cc2)SC(=S)N1c1cccc2ccccc12. The molecule has 0 aromatic heterocycles. The van der Waals surface area contributed by atoms with Crippen molar-refractivity contribution in [2.75, 3.05) is 4.90 Å². The van der Waals surface area contributed by atoms with E-state index >= 15 is 0 Å². The molecule has 1 saturated heterocycles. The molecule has 3 aromatic carbocycles. The second-order valence-corrected chi connectivity index (χ2v) is 7.54. The van der Waals surface area contributed by atoms with Gasteiger partial charge < -0.3 is 0 Å². The van der Waals surface area contributed by atoms with Gasteiger partial charge in [0.2, 0.25) is 0 Å². The van der Waals surface area contributed by atoms with E-state index in [9.17, 15) is 14.9 Å². The Balaban J connectivity index is 1.70. The highest BCUT2D eigenvalue weighted by molar-refractivity contribution is 8.27. The molecule has 0 atom stereocenters. The molecule has 0 spiro atoms. The molecule has 1 fully saturated rings. The van der Waals surface area contributed by atoms with Gasteiger partial charge in [-0.15, -0.1) is 0 Å². The molecular weight excluding hydrogens is 380 g/mol. The van der Waals surface area contributed by atoms with Crippen molar-refractivity contribution in [1.29, 1.82) is 0 Å². The van der Waals surface area contributed by atoms with Gasteiger partial charge in [-0.3, -0.25) is 19.8 Å². The molecule has 3 aromatic rings. The van der Waals surface area contributed by atoms with Gasteiger partial charge in [0.05, 0.1) is 15.5 Å². The van der Waals surface area contributed by atoms with E-state index in [-0.39, 0.29) is 11.6 Å². The fraction of sp³-hybridized carbons (Fsp3) is 0. The molecule has 132 valence electrons. The first-order chi connectivity index (χ1) is 13.0. The molecular formula is C20H12N2O3S2. The molecule has 5 nitrogen and oxygen atoms in total. The summed E-state index contributed by atoms with van der Waals surface area (Å²) in [5.74, 6) is -0.195. The van der Waals surface area contributed by atoms with Gasteiger partial charge in [-0.25, -0.2) is 0 Å². The number of nitrogens with zero attached hydrogens (tertiary/aromatic N) is 2. The van der Waals surface area contributed by atoms with Gasteiger partial charge in [0.25, 0.3) is 11.6 Å². The number of non-ortho nitro benzene ring substituents is 1. The van der Waals surface area contributed by atoms with Crippen molar-refractivity contribution >= 4 is 62.4 Å². The fourth-order valence-electron chi connectivity index (χ4n) is 2.92. The van der Waals surface area contributed by atoms with E-state index in [1.54, 1.807) is 23.1 Å². The number of nitro groups is 1. The lowest BCUT2D eigenvalue weighted by Gasteiger charge is -2.17. The monoisotopic (exact) mass is 392 g/mol. The summed E-state index contributed by atoms with van der Waals surface area (Å²) in [4.78, 5) is 25.3. The van der Waals surface area contributed by atoms with Crippen LogP contribution in [-0.4, -0.2) is 15.2 Å².